The molecule has 32 heavy (non-hydrogen) atoms. The molecule has 1 aliphatic heterocycles. The fourth-order valence-electron chi connectivity index (χ4n) is 3.18. The summed E-state index contributed by atoms with van der Waals surface area (Å²) in [4.78, 5) is 36.6. The van der Waals surface area contributed by atoms with Crippen LogP contribution in [0.3, 0.4) is 0 Å². The highest BCUT2D eigenvalue weighted by atomic mass is 19.3. The number of nitrogens with zero attached hydrogens (tertiary/aromatic N) is 1. The Morgan fingerprint density at radius 1 is 1.12 bits per heavy atom. The molecular formula is C21H18F4N2O5. The monoisotopic (exact) mass is 454 g/mol. The minimum atomic E-state index is -4.45. The predicted octanol–water partition coefficient (Wildman–Crippen LogP) is 2.93. The molecule has 1 fully saturated rings. The molecule has 2 amide bonds. The van der Waals surface area contributed by atoms with Gasteiger partial charge in [0.15, 0.2) is 6.04 Å². The molecule has 0 aliphatic carbocycles. The number of halogens is 4. The molecule has 2 aromatic rings. The van der Waals surface area contributed by atoms with Gasteiger partial charge in [0.1, 0.15) is 11.6 Å². The molecule has 1 saturated heterocycles. The van der Waals surface area contributed by atoms with Crippen molar-refractivity contribution < 1.29 is 41.8 Å². The third-order valence-electron chi connectivity index (χ3n) is 4.93. The van der Waals surface area contributed by atoms with Crippen LogP contribution < -0.4 is 5.32 Å². The van der Waals surface area contributed by atoms with Crippen molar-refractivity contribution in [1.82, 2.24) is 4.90 Å². The van der Waals surface area contributed by atoms with Gasteiger partial charge in [-0.1, -0.05) is 0 Å². The standard InChI is InChI=1S/C21H18F4N2O5/c1-11-8-13(3-5-15(11)22)26-18(28)12-2-4-16(23)14(9-12)21(24,25)20(31)27-6-7-32-10-17(27)19(29)30/h2-5,8-9,17H,6-7,10H2,1H3,(H,26,28)(H,29,30). The quantitative estimate of drug-likeness (QED) is 0.678. The summed E-state index contributed by atoms with van der Waals surface area (Å²) in [5, 5.41) is 11.5. The minimum Gasteiger partial charge on any atom is -0.480 e. The molecule has 11 heteroatoms. The number of aryl methyl sites for hydroxylation is 1. The molecule has 3 rings (SSSR count). The maximum Gasteiger partial charge on any atom is 0.352 e. The van der Waals surface area contributed by atoms with Gasteiger partial charge in [-0.15, -0.1) is 0 Å². The van der Waals surface area contributed by atoms with E-state index in [1.54, 1.807) is 0 Å². The Bertz CT molecular complexity index is 1080. The third kappa shape index (κ3) is 4.57. The van der Waals surface area contributed by atoms with Crippen LogP contribution in [-0.4, -0.2) is 53.6 Å². The smallest absolute Gasteiger partial charge is 0.352 e. The number of hydrogen-bond acceptors (Lipinski definition) is 4. The van der Waals surface area contributed by atoms with E-state index in [1.807, 2.05) is 0 Å². The Hall–Kier alpha value is -3.47. The van der Waals surface area contributed by atoms with E-state index < -0.39 is 60.1 Å². The zero-order chi connectivity index (χ0) is 23.6. The summed E-state index contributed by atoms with van der Waals surface area (Å²) in [6.07, 6.45) is 0. The number of amides is 2. The first-order valence-corrected chi connectivity index (χ1v) is 9.39. The number of ether oxygens (including phenoxy) is 1. The van der Waals surface area contributed by atoms with E-state index in [0.717, 1.165) is 12.1 Å². The summed E-state index contributed by atoms with van der Waals surface area (Å²) in [5.74, 6) is -10.8. The first kappa shape index (κ1) is 23.2. The lowest BCUT2D eigenvalue weighted by atomic mass is 10.0. The highest BCUT2D eigenvalue weighted by Crippen LogP contribution is 2.34. The molecule has 0 spiro atoms. The van der Waals surface area contributed by atoms with Crippen LogP contribution >= 0.6 is 0 Å². The van der Waals surface area contributed by atoms with E-state index in [0.29, 0.717) is 17.0 Å². The number of aliphatic carboxylic acids is 1. The molecule has 1 heterocycles. The van der Waals surface area contributed by atoms with Crippen molar-refractivity contribution in [3.63, 3.8) is 0 Å². The predicted molar refractivity (Wildman–Crippen MR) is 103 cm³/mol. The Morgan fingerprint density at radius 2 is 1.81 bits per heavy atom. The maximum absolute atomic E-state index is 15.0. The summed E-state index contributed by atoms with van der Waals surface area (Å²) in [6, 6.07) is 4.10. The Morgan fingerprint density at radius 3 is 2.47 bits per heavy atom. The lowest BCUT2D eigenvalue weighted by Crippen LogP contribution is -2.56. The number of carbonyl (C=O) groups excluding carboxylic acids is 2. The van der Waals surface area contributed by atoms with Crippen LogP contribution in [0.25, 0.3) is 0 Å². The second kappa shape index (κ2) is 8.95. The van der Waals surface area contributed by atoms with Crippen molar-refractivity contribution in [2.24, 2.45) is 0 Å². The summed E-state index contributed by atoms with van der Waals surface area (Å²) in [7, 11) is 0. The number of anilines is 1. The molecule has 2 aromatic carbocycles. The number of rotatable bonds is 5. The Labute approximate surface area is 179 Å². The number of carboxylic acid groups (broad SMARTS) is 1. The van der Waals surface area contributed by atoms with Gasteiger partial charge in [0, 0.05) is 17.8 Å². The number of carboxylic acids is 1. The molecular weight excluding hydrogens is 436 g/mol. The average molecular weight is 454 g/mol. The van der Waals surface area contributed by atoms with Crippen LogP contribution in [0.1, 0.15) is 21.5 Å². The van der Waals surface area contributed by atoms with E-state index in [9.17, 15) is 37.1 Å². The Balaban J connectivity index is 1.89. The second-order valence-electron chi connectivity index (χ2n) is 7.11. The van der Waals surface area contributed by atoms with Gasteiger partial charge in [0.2, 0.25) is 0 Å². The second-order valence-corrected chi connectivity index (χ2v) is 7.11. The molecule has 7 nitrogen and oxygen atoms in total. The van der Waals surface area contributed by atoms with Gasteiger partial charge in [-0.25, -0.2) is 13.6 Å². The maximum atomic E-state index is 15.0. The van der Waals surface area contributed by atoms with Crippen LogP contribution in [0.15, 0.2) is 36.4 Å². The number of benzene rings is 2. The van der Waals surface area contributed by atoms with E-state index in [2.05, 4.69) is 5.32 Å². The van der Waals surface area contributed by atoms with Gasteiger partial charge in [0.05, 0.1) is 18.8 Å². The Kier molecular flexibility index (Phi) is 6.49. The lowest BCUT2D eigenvalue weighted by Gasteiger charge is -2.35. The fourth-order valence-corrected chi connectivity index (χ4v) is 3.18. The molecule has 1 unspecified atom stereocenters. The molecule has 0 radical (unpaired) electrons. The molecule has 0 aromatic heterocycles. The minimum absolute atomic E-state index is 0.159. The number of carbonyl (C=O) groups is 3. The van der Waals surface area contributed by atoms with E-state index in [-0.39, 0.29) is 23.4 Å². The normalized spacial score (nSPS) is 16.5. The third-order valence-corrected chi connectivity index (χ3v) is 4.93. The van der Waals surface area contributed by atoms with Crippen LogP contribution in [-0.2, 0) is 20.2 Å². The molecule has 0 bridgehead atoms. The van der Waals surface area contributed by atoms with Gasteiger partial charge >= 0.3 is 11.9 Å². The first-order valence-electron chi connectivity index (χ1n) is 9.39. The van der Waals surface area contributed by atoms with Gasteiger partial charge < -0.3 is 20.1 Å². The summed E-state index contributed by atoms with van der Waals surface area (Å²) >= 11 is 0. The highest BCUT2D eigenvalue weighted by molar-refractivity contribution is 6.04. The first-order chi connectivity index (χ1) is 15.0. The highest BCUT2D eigenvalue weighted by Gasteiger charge is 2.49. The topological polar surface area (TPSA) is 95.9 Å². The lowest BCUT2D eigenvalue weighted by molar-refractivity contribution is -0.174. The fraction of sp³-hybridized carbons (Fsp3) is 0.286. The molecule has 0 saturated carbocycles. The molecule has 2 N–H and O–H groups in total. The van der Waals surface area contributed by atoms with Crippen molar-refractivity contribution in [1.29, 1.82) is 0 Å². The average Bonchev–Trinajstić information content (AvgIpc) is 2.75. The van der Waals surface area contributed by atoms with Crippen LogP contribution in [0.2, 0.25) is 0 Å². The van der Waals surface area contributed by atoms with Gasteiger partial charge in [-0.05, 0) is 48.9 Å². The number of nitrogens with one attached hydrogen (secondary N) is 1. The zero-order valence-corrected chi connectivity index (χ0v) is 16.7. The van der Waals surface area contributed by atoms with Crippen molar-refractivity contribution in [3.05, 3.63) is 64.7 Å². The van der Waals surface area contributed by atoms with Crippen LogP contribution in [0.5, 0.6) is 0 Å². The largest absolute Gasteiger partial charge is 0.480 e. The van der Waals surface area contributed by atoms with Crippen LogP contribution in [0.4, 0.5) is 23.2 Å². The number of hydrogen-bond donors (Lipinski definition) is 2. The van der Waals surface area contributed by atoms with Crippen molar-refractivity contribution in [2.75, 3.05) is 25.1 Å². The molecule has 1 aliphatic rings. The SMILES string of the molecule is Cc1cc(NC(=O)c2ccc(F)c(C(F)(F)C(=O)N3CCOCC3C(=O)O)c2)ccc1F. The number of morpholine rings is 1. The van der Waals surface area contributed by atoms with E-state index in [4.69, 9.17) is 4.74 Å². The van der Waals surface area contributed by atoms with Crippen molar-refractivity contribution in [3.8, 4) is 0 Å². The van der Waals surface area contributed by atoms with Crippen molar-refractivity contribution >= 4 is 23.5 Å². The summed E-state index contributed by atoms with van der Waals surface area (Å²) in [5.41, 5.74) is -1.34. The van der Waals surface area contributed by atoms with Gasteiger partial charge in [-0.3, -0.25) is 9.59 Å². The van der Waals surface area contributed by atoms with Crippen LogP contribution in [0, 0.1) is 18.6 Å². The summed E-state index contributed by atoms with van der Waals surface area (Å²) in [6.45, 7) is 0.396. The van der Waals surface area contributed by atoms with E-state index >= 15 is 0 Å². The zero-order valence-electron chi connectivity index (χ0n) is 16.7. The molecule has 170 valence electrons. The van der Waals surface area contributed by atoms with Gasteiger partial charge in [0.25, 0.3) is 11.8 Å². The van der Waals surface area contributed by atoms with E-state index in [1.165, 1.54) is 19.1 Å². The molecule has 1 atom stereocenters. The van der Waals surface area contributed by atoms with Gasteiger partial charge in [-0.2, -0.15) is 8.78 Å². The summed E-state index contributed by atoms with van der Waals surface area (Å²) < 4.78 is 62.5. The van der Waals surface area contributed by atoms with Crippen molar-refractivity contribution in [2.45, 2.75) is 18.9 Å². The number of alkyl halides is 2.